The maximum Gasteiger partial charge on any atom is 0.410 e. The fourth-order valence-corrected chi connectivity index (χ4v) is 3.56. The molecule has 2 fully saturated rings. The third kappa shape index (κ3) is 3.58. The molecule has 0 aromatic rings. The first-order valence-corrected chi connectivity index (χ1v) is 8.16. The number of nitrogens with zero attached hydrogens (tertiary/aromatic N) is 1. The smallest absolute Gasteiger partial charge is 0.410 e. The van der Waals surface area contributed by atoms with Gasteiger partial charge in [-0.15, -0.1) is 0 Å². The summed E-state index contributed by atoms with van der Waals surface area (Å²) in [6, 6.07) is 0.0304. The lowest BCUT2D eigenvalue weighted by molar-refractivity contribution is -0.129. The van der Waals surface area contributed by atoms with E-state index in [9.17, 15) is 9.59 Å². The average molecular weight is 295 g/mol. The molecule has 1 aliphatic heterocycles. The lowest BCUT2D eigenvalue weighted by Gasteiger charge is -2.39. The Labute approximate surface area is 128 Å². The van der Waals surface area contributed by atoms with Crippen LogP contribution < -0.4 is 0 Å². The van der Waals surface area contributed by atoms with Gasteiger partial charge in [0.25, 0.3) is 0 Å². The van der Waals surface area contributed by atoms with Crippen molar-refractivity contribution in [3.8, 4) is 0 Å². The summed E-state index contributed by atoms with van der Waals surface area (Å²) in [5.41, 5.74) is -0.722. The first-order valence-electron chi connectivity index (χ1n) is 8.16. The zero-order valence-corrected chi connectivity index (χ0v) is 14.1. The fourth-order valence-electron chi connectivity index (χ4n) is 3.56. The zero-order valence-electron chi connectivity index (χ0n) is 14.1. The van der Waals surface area contributed by atoms with Crippen LogP contribution in [-0.2, 0) is 9.53 Å². The minimum atomic E-state index is -0.488. The number of hydrogen-bond acceptors (Lipinski definition) is 3. The normalized spacial score (nSPS) is 29.6. The van der Waals surface area contributed by atoms with Crippen molar-refractivity contribution in [2.75, 3.05) is 6.54 Å². The summed E-state index contributed by atoms with van der Waals surface area (Å²) in [5.74, 6) is 0.316. The molecule has 4 heteroatoms. The van der Waals surface area contributed by atoms with Crippen LogP contribution in [0.25, 0.3) is 0 Å². The van der Waals surface area contributed by atoms with Crippen molar-refractivity contribution in [3.05, 3.63) is 0 Å². The van der Waals surface area contributed by atoms with Crippen molar-refractivity contribution < 1.29 is 14.3 Å². The van der Waals surface area contributed by atoms with Crippen molar-refractivity contribution in [1.29, 1.82) is 0 Å². The highest BCUT2D eigenvalue weighted by Crippen LogP contribution is 2.42. The van der Waals surface area contributed by atoms with Crippen LogP contribution in [0.5, 0.6) is 0 Å². The standard InChI is InChI=1S/C17H29NO3/c1-16(2,3)21-15(20)18-11-7-6-8-13(18)12-9-10-17(4,5)14(12)19/h12-13H,6-11H2,1-5H3. The summed E-state index contributed by atoms with van der Waals surface area (Å²) in [4.78, 5) is 26.9. The monoisotopic (exact) mass is 295 g/mol. The van der Waals surface area contributed by atoms with E-state index < -0.39 is 5.60 Å². The Morgan fingerprint density at radius 3 is 2.43 bits per heavy atom. The Morgan fingerprint density at radius 1 is 1.24 bits per heavy atom. The molecular weight excluding hydrogens is 266 g/mol. The lowest BCUT2D eigenvalue weighted by atomic mass is 9.84. The lowest BCUT2D eigenvalue weighted by Crippen LogP contribution is -2.50. The van der Waals surface area contributed by atoms with Gasteiger partial charge in [0, 0.05) is 23.9 Å². The minimum absolute atomic E-state index is 0.00665. The van der Waals surface area contributed by atoms with Crippen molar-refractivity contribution >= 4 is 11.9 Å². The molecule has 120 valence electrons. The molecule has 0 spiro atoms. The minimum Gasteiger partial charge on any atom is -0.444 e. The van der Waals surface area contributed by atoms with Gasteiger partial charge in [-0.25, -0.2) is 4.79 Å². The Morgan fingerprint density at radius 2 is 1.90 bits per heavy atom. The number of amides is 1. The van der Waals surface area contributed by atoms with Crippen molar-refractivity contribution in [1.82, 2.24) is 4.90 Å². The van der Waals surface area contributed by atoms with E-state index in [0.717, 1.165) is 32.1 Å². The molecule has 0 N–H and O–H groups in total. The number of ketones is 1. The second-order valence-corrected chi connectivity index (χ2v) is 8.13. The van der Waals surface area contributed by atoms with Gasteiger partial charge < -0.3 is 9.64 Å². The van der Waals surface area contributed by atoms with Gasteiger partial charge in [0.2, 0.25) is 0 Å². The molecule has 1 aliphatic carbocycles. The number of hydrogen-bond donors (Lipinski definition) is 0. The van der Waals surface area contributed by atoms with Crippen LogP contribution in [0.2, 0.25) is 0 Å². The highest BCUT2D eigenvalue weighted by atomic mass is 16.6. The summed E-state index contributed by atoms with van der Waals surface area (Å²) in [5, 5.41) is 0. The van der Waals surface area contributed by atoms with E-state index >= 15 is 0 Å². The van der Waals surface area contributed by atoms with Gasteiger partial charge in [0.05, 0.1) is 0 Å². The first kappa shape index (κ1) is 16.3. The molecule has 0 radical (unpaired) electrons. The molecule has 1 heterocycles. The first-order chi connectivity index (χ1) is 9.62. The van der Waals surface area contributed by atoms with Crippen LogP contribution in [-0.4, -0.2) is 35.0 Å². The number of rotatable bonds is 1. The summed E-state index contributed by atoms with van der Waals surface area (Å²) >= 11 is 0. The van der Waals surface area contributed by atoms with Crippen LogP contribution in [0.4, 0.5) is 4.79 Å². The number of carbonyl (C=O) groups is 2. The van der Waals surface area contributed by atoms with E-state index in [1.54, 1.807) is 0 Å². The summed E-state index contributed by atoms with van der Waals surface area (Å²) < 4.78 is 5.53. The van der Waals surface area contributed by atoms with Crippen LogP contribution >= 0.6 is 0 Å². The van der Waals surface area contributed by atoms with Crippen LogP contribution in [0.15, 0.2) is 0 Å². The van der Waals surface area contributed by atoms with E-state index in [4.69, 9.17) is 4.74 Å². The van der Waals surface area contributed by atoms with Crippen molar-refractivity contribution in [2.45, 2.75) is 78.4 Å². The van der Waals surface area contributed by atoms with Gasteiger partial charge in [-0.1, -0.05) is 13.8 Å². The molecule has 0 bridgehead atoms. The largest absolute Gasteiger partial charge is 0.444 e. The van der Waals surface area contributed by atoms with Gasteiger partial charge in [-0.2, -0.15) is 0 Å². The highest BCUT2D eigenvalue weighted by molar-refractivity contribution is 5.89. The molecule has 4 nitrogen and oxygen atoms in total. The number of Topliss-reactive ketones (excluding diaryl/α,β-unsaturated/α-hetero) is 1. The molecule has 0 aromatic heterocycles. The van der Waals surface area contributed by atoms with E-state index in [2.05, 4.69) is 0 Å². The SMILES string of the molecule is CC(C)(C)OC(=O)N1CCCCC1C1CCC(C)(C)C1=O. The Bertz CT molecular complexity index is 422. The molecule has 0 aromatic carbocycles. The molecule has 1 saturated heterocycles. The topological polar surface area (TPSA) is 46.6 Å². The molecule has 1 amide bonds. The van der Waals surface area contributed by atoms with Crippen molar-refractivity contribution in [3.63, 3.8) is 0 Å². The Hall–Kier alpha value is -1.06. The third-order valence-corrected chi connectivity index (χ3v) is 4.73. The van der Waals surface area contributed by atoms with E-state index in [-0.39, 0.29) is 23.5 Å². The molecule has 21 heavy (non-hydrogen) atoms. The number of carbonyl (C=O) groups excluding carboxylic acids is 2. The van der Waals surface area contributed by atoms with E-state index in [1.807, 2.05) is 39.5 Å². The van der Waals surface area contributed by atoms with Crippen LogP contribution in [0.1, 0.15) is 66.7 Å². The van der Waals surface area contributed by atoms with Crippen LogP contribution in [0, 0.1) is 11.3 Å². The molecule has 2 unspecified atom stereocenters. The van der Waals surface area contributed by atoms with Crippen LogP contribution in [0.3, 0.4) is 0 Å². The van der Waals surface area contributed by atoms with Gasteiger partial charge in [-0.05, 0) is 52.9 Å². The van der Waals surface area contributed by atoms with E-state index in [0.29, 0.717) is 12.3 Å². The summed E-state index contributed by atoms with van der Waals surface area (Å²) in [7, 11) is 0. The highest BCUT2D eigenvalue weighted by Gasteiger charge is 2.47. The van der Waals surface area contributed by atoms with Gasteiger partial charge in [0.1, 0.15) is 11.4 Å². The summed E-state index contributed by atoms with van der Waals surface area (Å²) in [6.07, 6.45) is 4.58. The second kappa shape index (κ2) is 5.62. The molecule has 2 atom stereocenters. The molecule has 2 rings (SSSR count). The zero-order chi connectivity index (χ0) is 15.8. The Kier molecular flexibility index (Phi) is 4.36. The Balaban J connectivity index is 2.13. The van der Waals surface area contributed by atoms with Gasteiger partial charge >= 0.3 is 6.09 Å². The molecule has 2 aliphatic rings. The predicted octanol–water partition coefficient (Wildman–Crippen LogP) is 3.78. The third-order valence-electron chi connectivity index (χ3n) is 4.73. The molecular formula is C17H29NO3. The van der Waals surface area contributed by atoms with Gasteiger partial charge in [0.15, 0.2) is 0 Å². The number of likely N-dealkylation sites (tertiary alicyclic amines) is 1. The van der Waals surface area contributed by atoms with Crippen molar-refractivity contribution in [2.24, 2.45) is 11.3 Å². The summed E-state index contributed by atoms with van der Waals surface area (Å²) in [6.45, 7) is 10.4. The number of piperidine rings is 1. The fraction of sp³-hybridized carbons (Fsp3) is 0.882. The second-order valence-electron chi connectivity index (χ2n) is 8.13. The molecule has 1 saturated carbocycles. The maximum atomic E-state index is 12.6. The van der Waals surface area contributed by atoms with Gasteiger partial charge in [-0.3, -0.25) is 4.79 Å². The quantitative estimate of drug-likeness (QED) is 0.739. The average Bonchev–Trinajstić information content (AvgIpc) is 2.62. The predicted molar refractivity (Wildman–Crippen MR) is 82.1 cm³/mol. The van der Waals surface area contributed by atoms with E-state index in [1.165, 1.54) is 0 Å². The maximum absolute atomic E-state index is 12.6. The number of ether oxygens (including phenoxy) is 1.